The van der Waals surface area contributed by atoms with Gasteiger partial charge < -0.3 is 5.73 Å². The topological polar surface area (TPSA) is 29.3 Å². The highest BCUT2D eigenvalue weighted by molar-refractivity contribution is 5.20. The summed E-state index contributed by atoms with van der Waals surface area (Å²) in [5, 5.41) is 0. The van der Waals surface area contributed by atoms with Crippen molar-refractivity contribution in [3.8, 4) is 0 Å². The molecule has 0 amide bonds. The van der Waals surface area contributed by atoms with Crippen molar-refractivity contribution in [3.05, 3.63) is 35.9 Å². The van der Waals surface area contributed by atoms with E-state index >= 15 is 0 Å². The van der Waals surface area contributed by atoms with Crippen LogP contribution in [0.15, 0.2) is 30.3 Å². The average molecular weight is 260 g/mol. The summed E-state index contributed by atoms with van der Waals surface area (Å²) in [6.45, 7) is 0.909. The molecule has 0 radical (unpaired) electrons. The molecule has 0 fully saturated rings. The highest BCUT2D eigenvalue weighted by Crippen LogP contribution is 2.24. The maximum atomic E-state index is 12.4. The highest BCUT2D eigenvalue weighted by Gasteiger charge is 2.33. The van der Waals surface area contributed by atoms with Crippen molar-refractivity contribution in [2.24, 2.45) is 5.73 Å². The smallest absolute Gasteiger partial charge is 0.323 e. The van der Waals surface area contributed by atoms with Crippen LogP contribution in [0.5, 0.6) is 0 Å². The third kappa shape index (κ3) is 4.31. The van der Waals surface area contributed by atoms with Gasteiger partial charge in [-0.25, -0.2) is 0 Å². The third-order valence-electron chi connectivity index (χ3n) is 3.01. The van der Waals surface area contributed by atoms with E-state index in [4.69, 9.17) is 5.73 Å². The van der Waals surface area contributed by atoms with E-state index < -0.39 is 18.8 Å². The Morgan fingerprint density at radius 2 is 1.78 bits per heavy atom. The number of rotatable bonds is 5. The van der Waals surface area contributed by atoms with Gasteiger partial charge in [0.2, 0.25) is 0 Å². The van der Waals surface area contributed by atoms with Crippen LogP contribution in [0.1, 0.15) is 24.9 Å². The standard InChI is InChI=1S/C13H19F3N2/c1-3-11(18(2)9-13(14,15)16)12(17)10-7-5-4-6-8-10/h4-8,11-12H,3,9,17H2,1-2H3. The van der Waals surface area contributed by atoms with Crippen LogP contribution in [0.25, 0.3) is 0 Å². The molecule has 0 saturated heterocycles. The van der Waals surface area contributed by atoms with Crippen molar-refractivity contribution in [2.45, 2.75) is 31.6 Å². The molecule has 2 N–H and O–H groups in total. The minimum absolute atomic E-state index is 0.325. The quantitative estimate of drug-likeness (QED) is 0.882. The molecule has 2 atom stereocenters. The molecule has 2 unspecified atom stereocenters. The normalized spacial score (nSPS) is 15.7. The van der Waals surface area contributed by atoms with Gasteiger partial charge in [-0.15, -0.1) is 0 Å². The molecule has 0 heterocycles. The van der Waals surface area contributed by atoms with E-state index in [0.717, 1.165) is 5.56 Å². The Bertz CT molecular complexity index is 351. The van der Waals surface area contributed by atoms with Gasteiger partial charge in [0, 0.05) is 12.1 Å². The van der Waals surface area contributed by atoms with E-state index in [1.807, 2.05) is 37.3 Å². The van der Waals surface area contributed by atoms with Crippen molar-refractivity contribution in [1.82, 2.24) is 4.90 Å². The lowest BCUT2D eigenvalue weighted by atomic mass is 9.97. The summed E-state index contributed by atoms with van der Waals surface area (Å²) >= 11 is 0. The first-order chi connectivity index (χ1) is 8.35. The van der Waals surface area contributed by atoms with E-state index in [-0.39, 0.29) is 6.04 Å². The summed E-state index contributed by atoms with van der Waals surface area (Å²) in [6.07, 6.45) is -3.62. The van der Waals surface area contributed by atoms with Crippen molar-refractivity contribution in [3.63, 3.8) is 0 Å². The highest BCUT2D eigenvalue weighted by atomic mass is 19.4. The summed E-state index contributed by atoms with van der Waals surface area (Å²) in [5.74, 6) is 0. The predicted octanol–water partition coefficient (Wildman–Crippen LogP) is 2.96. The van der Waals surface area contributed by atoms with Gasteiger partial charge in [0.25, 0.3) is 0 Å². The maximum absolute atomic E-state index is 12.4. The molecule has 0 saturated carbocycles. The van der Waals surface area contributed by atoms with E-state index in [9.17, 15) is 13.2 Å². The van der Waals surface area contributed by atoms with Gasteiger partial charge in [-0.1, -0.05) is 37.3 Å². The summed E-state index contributed by atoms with van der Waals surface area (Å²) in [6, 6.07) is 8.48. The van der Waals surface area contributed by atoms with Crippen LogP contribution in [0, 0.1) is 0 Å². The Morgan fingerprint density at radius 3 is 2.22 bits per heavy atom. The molecule has 5 heteroatoms. The molecule has 102 valence electrons. The first kappa shape index (κ1) is 15.0. The first-order valence-corrected chi connectivity index (χ1v) is 5.92. The number of hydrogen-bond donors (Lipinski definition) is 1. The monoisotopic (exact) mass is 260 g/mol. The lowest BCUT2D eigenvalue weighted by molar-refractivity contribution is -0.148. The van der Waals surface area contributed by atoms with Crippen molar-refractivity contribution < 1.29 is 13.2 Å². The van der Waals surface area contributed by atoms with Crippen LogP contribution in [-0.2, 0) is 0 Å². The van der Waals surface area contributed by atoms with Crippen molar-refractivity contribution in [1.29, 1.82) is 0 Å². The lowest BCUT2D eigenvalue weighted by Crippen LogP contribution is -2.44. The van der Waals surface area contributed by atoms with Gasteiger partial charge in [0.1, 0.15) is 0 Å². The zero-order valence-corrected chi connectivity index (χ0v) is 10.6. The van der Waals surface area contributed by atoms with E-state index in [2.05, 4.69) is 0 Å². The van der Waals surface area contributed by atoms with Gasteiger partial charge in [0.05, 0.1) is 6.54 Å². The second kappa shape index (κ2) is 6.20. The molecule has 0 aromatic heterocycles. The van der Waals surface area contributed by atoms with E-state index in [1.54, 1.807) is 0 Å². The van der Waals surface area contributed by atoms with Crippen LogP contribution >= 0.6 is 0 Å². The average Bonchev–Trinajstić information content (AvgIpc) is 2.28. The molecular weight excluding hydrogens is 241 g/mol. The molecular formula is C13H19F3N2. The third-order valence-corrected chi connectivity index (χ3v) is 3.01. The van der Waals surface area contributed by atoms with Gasteiger partial charge >= 0.3 is 6.18 Å². The van der Waals surface area contributed by atoms with E-state index in [0.29, 0.717) is 6.42 Å². The molecule has 0 spiro atoms. The van der Waals surface area contributed by atoms with Gasteiger partial charge in [0.15, 0.2) is 0 Å². The fraction of sp³-hybridized carbons (Fsp3) is 0.538. The number of benzene rings is 1. The van der Waals surface area contributed by atoms with Gasteiger partial charge in [-0.2, -0.15) is 13.2 Å². The number of likely N-dealkylation sites (N-methyl/N-ethyl adjacent to an activating group) is 1. The summed E-state index contributed by atoms with van der Waals surface area (Å²) in [4.78, 5) is 1.28. The number of halogens is 3. The number of alkyl halides is 3. The fourth-order valence-electron chi connectivity index (χ4n) is 2.14. The Labute approximate surface area is 106 Å². The molecule has 2 nitrogen and oxygen atoms in total. The predicted molar refractivity (Wildman–Crippen MR) is 66.1 cm³/mol. The lowest BCUT2D eigenvalue weighted by Gasteiger charge is -2.32. The van der Waals surface area contributed by atoms with Crippen LogP contribution in [0.2, 0.25) is 0 Å². The van der Waals surface area contributed by atoms with Crippen LogP contribution in [-0.4, -0.2) is 30.7 Å². The first-order valence-electron chi connectivity index (χ1n) is 5.92. The zero-order valence-electron chi connectivity index (χ0n) is 10.6. The summed E-state index contributed by atoms with van der Waals surface area (Å²) in [5.41, 5.74) is 6.92. The minimum atomic E-state index is -4.20. The van der Waals surface area contributed by atoms with E-state index in [1.165, 1.54) is 11.9 Å². The minimum Gasteiger partial charge on any atom is -0.323 e. The maximum Gasteiger partial charge on any atom is 0.401 e. The summed E-state index contributed by atoms with van der Waals surface area (Å²) in [7, 11) is 1.46. The largest absolute Gasteiger partial charge is 0.401 e. The van der Waals surface area contributed by atoms with Crippen LogP contribution in [0.4, 0.5) is 13.2 Å². The van der Waals surface area contributed by atoms with Crippen molar-refractivity contribution >= 4 is 0 Å². The molecule has 0 aliphatic rings. The molecule has 1 aromatic rings. The Hall–Kier alpha value is -1.07. The molecule has 1 rings (SSSR count). The SMILES string of the molecule is CCC(C(N)c1ccccc1)N(C)CC(F)(F)F. The van der Waals surface area contributed by atoms with Gasteiger partial charge in [-0.05, 0) is 19.0 Å². The number of hydrogen-bond acceptors (Lipinski definition) is 2. The molecule has 0 aliphatic carbocycles. The van der Waals surface area contributed by atoms with Crippen LogP contribution < -0.4 is 5.73 Å². The Kier molecular flexibility index (Phi) is 5.16. The number of nitrogens with zero attached hydrogens (tertiary/aromatic N) is 1. The fourth-order valence-corrected chi connectivity index (χ4v) is 2.14. The Balaban J connectivity index is 2.77. The Morgan fingerprint density at radius 1 is 1.22 bits per heavy atom. The molecule has 0 bridgehead atoms. The summed E-state index contributed by atoms with van der Waals surface area (Å²) < 4.78 is 37.2. The van der Waals surface area contributed by atoms with Gasteiger partial charge in [-0.3, -0.25) is 4.90 Å². The second-order valence-corrected chi connectivity index (χ2v) is 4.44. The molecule has 18 heavy (non-hydrogen) atoms. The van der Waals surface area contributed by atoms with Crippen LogP contribution in [0.3, 0.4) is 0 Å². The van der Waals surface area contributed by atoms with Crippen molar-refractivity contribution in [2.75, 3.05) is 13.6 Å². The molecule has 0 aliphatic heterocycles. The zero-order chi connectivity index (χ0) is 13.8. The molecule has 1 aromatic carbocycles. The second-order valence-electron chi connectivity index (χ2n) is 4.44. The number of nitrogens with two attached hydrogens (primary N) is 1.